The van der Waals surface area contributed by atoms with Crippen LogP contribution in [0.1, 0.15) is 142 Å². The quantitative estimate of drug-likeness (QED) is 0.0184. The van der Waals surface area contributed by atoms with Crippen molar-refractivity contribution < 1.29 is 42.8 Å². The molecule has 10 heteroatoms. The molecule has 330 valence electrons. The molecule has 0 saturated carbocycles. The molecule has 0 aliphatic heterocycles. The van der Waals surface area contributed by atoms with E-state index in [4.69, 9.17) is 14.2 Å². The monoisotopic (exact) mass is 831 g/mol. The van der Waals surface area contributed by atoms with E-state index in [0.29, 0.717) is 25.7 Å². The van der Waals surface area contributed by atoms with Gasteiger partial charge in [-0.1, -0.05) is 137 Å². The molecule has 3 N–H and O–H groups in total. The molecule has 2 unspecified atom stereocenters. The van der Waals surface area contributed by atoms with E-state index < -0.39 is 44.3 Å². The Morgan fingerprint density at radius 1 is 0.586 bits per heavy atom. The zero-order valence-corrected chi connectivity index (χ0v) is 37.8. The minimum atomic E-state index is -5.01. The van der Waals surface area contributed by atoms with Crippen LogP contribution in [0.25, 0.3) is 0 Å². The lowest BCUT2D eigenvalue weighted by atomic mass is 9.86. The van der Waals surface area contributed by atoms with Crippen molar-refractivity contribution >= 4 is 19.4 Å². The standard InChI is InChI=1S/C48H80NO8P/c1-6-8-10-12-14-16-18-20-22-24-26-28-30-32-34-36-38-40-46(52)48(44-49(3,4)5,57-58(54,55)56-43-45(51)42-50)47(53)41-39-37-35-33-31-29-27-25-23-21-19-17-15-13-11-9-7-2/h14-17,20-23,26-29,32-35,45,50-51H,6-13,18-19,24-25,30-31,36-44H2,1-5H3/p+1/b16-14-,17-15-,22-20-,23-21-,28-26-,29-27-,34-32-,35-33-. The first-order chi connectivity index (χ1) is 27.8. The van der Waals surface area contributed by atoms with Crippen molar-refractivity contribution in [2.45, 2.75) is 154 Å². The maximum Gasteiger partial charge on any atom is 0.473 e. The van der Waals surface area contributed by atoms with Crippen LogP contribution < -0.4 is 0 Å². The van der Waals surface area contributed by atoms with E-state index in [-0.39, 0.29) is 23.9 Å². The van der Waals surface area contributed by atoms with E-state index in [2.05, 4.69) is 86.8 Å². The van der Waals surface area contributed by atoms with Crippen LogP contribution in [-0.4, -0.2) is 83.8 Å². The van der Waals surface area contributed by atoms with Gasteiger partial charge in [-0.25, -0.2) is 4.57 Å². The van der Waals surface area contributed by atoms with Crippen molar-refractivity contribution in [3.8, 4) is 0 Å². The molecule has 58 heavy (non-hydrogen) atoms. The zero-order chi connectivity index (χ0) is 43.2. The SMILES string of the molecule is CCCCC/C=C\C/C=C\C/C=C\C/C=C\CCCC(=O)C(C[N+](C)(C)C)(OP(=O)(O)OCC(O)CO)C(=O)CCC/C=C\C/C=C\C/C=C\C/C=C\CCCCC. The summed E-state index contributed by atoms with van der Waals surface area (Å²) in [6.45, 7) is 2.84. The van der Waals surface area contributed by atoms with Gasteiger partial charge in [0.2, 0.25) is 5.60 Å². The second-order valence-corrected chi connectivity index (χ2v) is 17.2. The van der Waals surface area contributed by atoms with Crippen molar-refractivity contribution in [3.05, 3.63) is 97.2 Å². The lowest BCUT2D eigenvalue weighted by Gasteiger charge is -2.37. The van der Waals surface area contributed by atoms with Gasteiger partial charge in [0.1, 0.15) is 12.6 Å². The topological polar surface area (TPSA) is 130 Å². The number of aliphatic hydroxyl groups excluding tert-OH is 2. The fourth-order valence-electron chi connectivity index (χ4n) is 5.87. The molecule has 0 heterocycles. The number of Topliss-reactive ketones (excluding diaryl/α,β-unsaturated/α-hetero) is 2. The largest absolute Gasteiger partial charge is 0.473 e. The fourth-order valence-corrected chi connectivity index (χ4v) is 6.94. The number of carbonyl (C=O) groups excluding carboxylic acids is 2. The summed E-state index contributed by atoms with van der Waals surface area (Å²) >= 11 is 0. The molecule has 0 rings (SSSR count). The number of carbonyl (C=O) groups is 2. The van der Waals surface area contributed by atoms with E-state index in [9.17, 15) is 24.2 Å². The Labute approximate surface area is 353 Å². The summed E-state index contributed by atoms with van der Waals surface area (Å²) in [5, 5.41) is 18.9. The maximum absolute atomic E-state index is 14.0. The lowest BCUT2D eigenvalue weighted by Crippen LogP contribution is -2.59. The summed E-state index contributed by atoms with van der Waals surface area (Å²) in [5.41, 5.74) is -2.23. The summed E-state index contributed by atoms with van der Waals surface area (Å²) < 4.78 is 23.8. The maximum atomic E-state index is 14.0. The number of nitrogens with zero attached hydrogens (tertiary/aromatic N) is 1. The van der Waals surface area contributed by atoms with E-state index in [1.54, 1.807) is 21.1 Å². The first-order valence-electron chi connectivity index (χ1n) is 21.9. The van der Waals surface area contributed by atoms with Crippen molar-refractivity contribution in [2.24, 2.45) is 0 Å². The number of phosphoric ester groups is 1. The third kappa shape index (κ3) is 32.1. The van der Waals surface area contributed by atoms with Crippen LogP contribution in [0, 0.1) is 0 Å². The van der Waals surface area contributed by atoms with Gasteiger partial charge in [0.25, 0.3) is 0 Å². The first-order valence-corrected chi connectivity index (χ1v) is 23.4. The van der Waals surface area contributed by atoms with Crippen LogP contribution in [0.5, 0.6) is 0 Å². The van der Waals surface area contributed by atoms with Crippen molar-refractivity contribution in [1.82, 2.24) is 0 Å². The predicted octanol–water partition coefficient (Wildman–Crippen LogP) is 11.3. The predicted molar refractivity (Wildman–Crippen MR) is 242 cm³/mol. The van der Waals surface area contributed by atoms with Crippen LogP contribution in [0.2, 0.25) is 0 Å². The van der Waals surface area contributed by atoms with Gasteiger partial charge in [-0.2, -0.15) is 0 Å². The number of rotatable bonds is 38. The van der Waals surface area contributed by atoms with Gasteiger partial charge in [0, 0.05) is 12.8 Å². The molecule has 0 aromatic heterocycles. The number of quaternary nitrogens is 1. The van der Waals surface area contributed by atoms with Gasteiger partial charge >= 0.3 is 7.82 Å². The second-order valence-electron chi connectivity index (χ2n) is 15.8. The number of aliphatic hydroxyl groups is 2. The van der Waals surface area contributed by atoms with Gasteiger partial charge in [0.05, 0.1) is 34.4 Å². The summed E-state index contributed by atoms with van der Waals surface area (Å²) in [4.78, 5) is 38.7. The summed E-state index contributed by atoms with van der Waals surface area (Å²) in [6, 6.07) is 0. The van der Waals surface area contributed by atoms with Crippen molar-refractivity contribution in [1.29, 1.82) is 0 Å². The van der Waals surface area contributed by atoms with E-state index in [1.165, 1.54) is 38.5 Å². The summed E-state index contributed by atoms with van der Waals surface area (Å²) in [5.74, 6) is -1.17. The van der Waals surface area contributed by atoms with Gasteiger partial charge < -0.3 is 19.6 Å². The molecule has 0 bridgehead atoms. The van der Waals surface area contributed by atoms with Crippen LogP contribution in [0.4, 0.5) is 0 Å². The molecule has 0 aliphatic carbocycles. The van der Waals surface area contributed by atoms with Crippen LogP contribution in [0.3, 0.4) is 0 Å². The molecule has 0 aromatic carbocycles. The van der Waals surface area contributed by atoms with Crippen LogP contribution in [0.15, 0.2) is 97.2 Å². The minimum Gasteiger partial charge on any atom is -0.394 e. The molecule has 0 aromatic rings. The molecular weight excluding hydrogens is 750 g/mol. The first kappa shape index (κ1) is 55.2. The van der Waals surface area contributed by atoms with Gasteiger partial charge in [0.15, 0.2) is 11.6 Å². The molecule has 9 nitrogen and oxygen atoms in total. The fraction of sp³-hybridized carbons (Fsp3) is 0.625. The number of phosphoric acid groups is 1. The highest BCUT2D eigenvalue weighted by molar-refractivity contribution is 7.47. The molecule has 0 fully saturated rings. The highest BCUT2D eigenvalue weighted by atomic mass is 31.2. The minimum absolute atomic E-state index is 0.0415. The molecule has 0 saturated heterocycles. The normalized spacial score (nSPS) is 15.0. The molecule has 2 atom stereocenters. The number of likely N-dealkylation sites (N-methyl/N-ethyl adjacent to an activating group) is 1. The Morgan fingerprint density at radius 2 is 0.914 bits per heavy atom. The third-order valence-electron chi connectivity index (χ3n) is 8.97. The third-order valence-corrected chi connectivity index (χ3v) is 9.99. The van der Waals surface area contributed by atoms with Crippen LogP contribution >= 0.6 is 7.82 Å². The van der Waals surface area contributed by atoms with Gasteiger partial charge in [-0.15, -0.1) is 0 Å². The van der Waals surface area contributed by atoms with Gasteiger partial charge in [-0.05, 0) is 89.9 Å². The Bertz CT molecular complexity index is 1280. The van der Waals surface area contributed by atoms with Crippen molar-refractivity contribution in [2.75, 3.05) is 40.9 Å². The number of hydrogen-bond acceptors (Lipinski definition) is 7. The summed E-state index contributed by atoms with van der Waals surface area (Å²) in [6.07, 6.45) is 49.6. The number of ketones is 2. The Hall–Kier alpha value is -2.75. The van der Waals surface area contributed by atoms with E-state index >= 15 is 0 Å². The van der Waals surface area contributed by atoms with Gasteiger partial charge in [-0.3, -0.25) is 18.6 Å². The molecular formula is C48H81NO8P+. The molecule has 0 amide bonds. The summed E-state index contributed by atoms with van der Waals surface area (Å²) in [7, 11) is 0.306. The Kier molecular flexibility index (Phi) is 34.4. The zero-order valence-electron chi connectivity index (χ0n) is 36.9. The Balaban J connectivity index is 5.29. The highest BCUT2D eigenvalue weighted by Gasteiger charge is 2.54. The highest BCUT2D eigenvalue weighted by Crippen LogP contribution is 2.49. The molecule has 0 radical (unpaired) electrons. The number of hydrogen-bond donors (Lipinski definition) is 3. The van der Waals surface area contributed by atoms with E-state index in [0.717, 1.165) is 51.4 Å². The Morgan fingerprint density at radius 3 is 1.22 bits per heavy atom. The second kappa shape index (κ2) is 36.1. The smallest absolute Gasteiger partial charge is 0.394 e. The van der Waals surface area contributed by atoms with Crippen molar-refractivity contribution in [3.63, 3.8) is 0 Å². The number of allylic oxidation sites excluding steroid dienone is 16. The van der Waals surface area contributed by atoms with Crippen LogP contribution in [-0.2, 0) is 23.2 Å². The number of unbranched alkanes of at least 4 members (excludes halogenated alkanes) is 8. The average molecular weight is 831 g/mol. The molecule has 0 aliphatic rings. The molecule has 0 spiro atoms. The lowest BCUT2D eigenvalue weighted by molar-refractivity contribution is -0.874. The van der Waals surface area contributed by atoms with E-state index in [1.807, 2.05) is 24.3 Å². The average Bonchev–Trinajstić information content (AvgIpc) is 3.18.